The minimum atomic E-state index is -0.168. The molecule has 2 aromatic rings. The molecule has 0 spiro atoms. The smallest absolute Gasteiger partial charge is 0.126 e. The summed E-state index contributed by atoms with van der Waals surface area (Å²) in [5.41, 5.74) is 1.61. The molecule has 0 saturated heterocycles. The monoisotopic (exact) mass is 323 g/mol. The molecular weight excluding hydrogens is 305 g/mol. The van der Waals surface area contributed by atoms with E-state index in [0.29, 0.717) is 10.6 Å². The van der Waals surface area contributed by atoms with E-state index in [1.54, 1.807) is 24.8 Å². The van der Waals surface area contributed by atoms with E-state index < -0.39 is 0 Å². The molecule has 0 radical (unpaired) electrons. The van der Waals surface area contributed by atoms with Crippen LogP contribution in [0.15, 0.2) is 46.2 Å². The van der Waals surface area contributed by atoms with Gasteiger partial charge in [-0.1, -0.05) is 42.4 Å². The molecular formula is C17H19ClFNS. The molecule has 0 amide bonds. The predicted octanol–water partition coefficient (Wildman–Crippen LogP) is 5.61. The maximum Gasteiger partial charge on any atom is 0.126 e. The van der Waals surface area contributed by atoms with Crippen LogP contribution in [0.2, 0.25) is 5.02 Å². The normalized spacial score (nSPS) is 12.4. The van der Waals surface area contributed by atoms with E-state index >= 15 is 0 Å². The highest BCUT2D eigenvalue weighted by molar-refractivity contribution is 7.99. The molecule has 1 nitrogen and oxygen atoms in total. The number of nitrogens with one attached hydrogen (secondary N) is 1. The molecule has 1 unspecified atom stereocenters. The fourth-order valence-corrected chi connectivity index (χ4v) is 3.55. The van der Waals surface area contributed by atoms with Crippen molar-refractivity contribution in [3.63, 3.8) is 0 Å². The number of benzene rings is 2. The molecule has 0 bridgehead atoms. The Morgan fingerprint density at radius 2 is 1.95 bits per heavy atom. The van der Waals surface area contributed by atoms with Gasteiger partial charge >= 0.3 is 0 Å². The van der Waals surface area contributed by atoms with Crippen molar-refractivity contribution < 1.29 is 4.39 Å². The minimum Gasteiger partial charge on any atom is -0.310 e. The Kier molecular flexibility index (Phi) is 5.68. The Labute approximate surface area is 134 Å². The van der Waals surface area contributed by atoms with E-state index in [4.69, 9.17) is 11.6 Å². The molecule has 21 heavy (non-hydrogen) atoms. The Morgan fingerprint density at radius 3 is 2.62 bits per heavy atom. The van der Waals surface area contributed by atoms with Crippen LogP contribution in [0, 0.1) is 12.7 Å². The average molecular weight is 324 g/mol. The molecule has 0 aromatic heterocycles. The molecule has 112 valence electrons. The summed E-state index contributed by atoms with van der Waals surface area (Å²) in [4.78, 5) is 2.02. The fourth-order valence-electron chi connectivity index (χ4n) is 2.16. The number of aryl methyl sites for hydroxylation is 1. The van der Waals surface area contributed by atoms with Gasteiger partial charge in [0.2, 0.25) is 0 Å². The van der Waals surface area contributed by atoms with E-state index in [1.807, 2.05) is 44.2 Å². The lowest BCUT2D eigenvalue weighted by atomic mass is 10.1. The van der Waals surface area contributed by atoms with Crippen molar-refractivity contribution in [2.75, 3.05) is 6.54 Å². The van der Waals surface area contributed by atoms with Crippen molar-refractivity contribution in [1.82, 2.24) is 5.32 Å². The lowest BCUT2D eigenvalue weighted by Crippen LogP contribution is -2.18. The second kappa shape index (κ2) is 7.30. The van der Waals surface area contributed by atoms with Gasteiger partial charge in [0.05, 0.1) is 5.02 Å². The minimum absolute atomic E-state index is 0.0927. The van der Waals surface area contributed by atoms with Gasteiger partial charge in [0.25, 0.3) is 0 Å². The van der Waals surface area contributed by atoms with Gasteiger partial charge < -0.3 is 5.32 Å². The largest absolute Gasteiger partial charge is 0.310 e. The van der Waals surface area contributed by atoms with E-state index in [-0.39, 0.29) is 11.9 Å². The van der Waals surface area contributed by atoms with Crippen LogP contribution >= 0.6 is 23.4 Å². The summed E-state index contributed by atoms with van der Waals surface area (Å²) in [7, 11) is 0. The molecule has 0 saturated carbocycles. The van der Waals surface area contributed by atoms with E-state index in [2.05, 4.69) is 5.32 Å². The van der Waals surface area contributed by atoms with Crippen LogP contribution in [0.25, 0.3) is 0 Å². The van der Waals surface area contributed by atoms with Crippen molar-refractivity contribution in [1.29, 1.82) is 0 Å². The third kappa shape index (κ3) is 4.00. The van der Waals surface area contributed by atoms with Crippen LogP contribution in [0.4, 0.5) is 4.39 Å². The number of hydrogen-bond acceptors (Lipinski definition) is 2. The van der Waals surface area contributed by atoms with Gasteiger partial charge in [0, 0.05) is 15.8 Å². The fraction of sp³-hybridized carbons (Fsp3) is 0.294. The summed E-state index contributed by atoms with van der Waals surface area (Å²) in [5, 5.41) is 4.05. The lowest BCUT2D eigenvalue weighted by Gasteiger charge is -2.18. The zero-order chi connectivity index (χ0) is 15.4. The molecule has 2 aromatic carbocycles. The first-order valence-corrected chi connectivity index (χ1v) is 8.18. The molecule has 1 N–H and O–H groups in total. The highest BCUT2D eigenvalue weighted by Gasteiger charge is 2.15. The average Bonchev–Trinajstić information content (AvgIpc) is 2.45. The first kappa shape index (κ1) is 16.3. The molecule has 0 heterocycles. The van der Waals surface area contributed by atoms with E-state index in [1.165, 1.54) is 0 Å². The Morgan fingerprint density at radius 1 is 1.24 bits per heavy atom. The zero-order valence-corrected chi connectivity index (χ0v) is 14.0. The third-order valence-electron chi connectivity index (χ3n) is 3.32. The van der Waals surface area contributed by atoms with Gasteiger partial charge in [0.1, 0.15) is 5.82 Å². The number of halogens is 2. The van der Waals surface area contributed by atoms with Gasteiger partial charge in [-0.15, -0.1) is 0 Å². The Balaban J connectivity index is 2.41. The van der Waals surface area contributed by atoms with Crippen LogP contribution in [-0.4, -0.2) is 6.54 Å². The molecule has 4 heteroatoms. The van der Waals surface area contributed by atoms with E-state index in [0.717, 1.165) is 21.9 Å². The molecule has 0 fully saturated rings. The van der Waals surface area contributed by atoms with Gasteiger partial charge in [-0.05, 0) is 55.8 Å². The molecule has 2 rings (SSSR count). The third-order valence-corrected chi connectivity index (χ3v) is 4.92. The first-order valence-electron chi connectivity index (χ1n) is 6.98. The predicted molar refractivity (Wildman–Crippen MR) is 88.8 cm³/mol. The summed E-state index contributed by atoms with van der Waals surface area (Å²) in [5.74, 6) is -0.168. The molecule has 0 aliphatic rings. The summed E-state index contributed by atoms with van der Waals surface area (Å²) in [6.07, 6.45) is 0. The summed E-state index contributed by atoms with van der Waals surface area (Å²) in [6, 6.07) is 11.3. The maximum atomic E-state index is 13.9. The Hall–Kier alpha value is -1.03. The Bertz CT molecular complexity index is 630. The van der Waals surface area contributed by atoms with Gasteiger partial charge in [0.15, 0.2) is 0 Å². The van der Waals surface area contributed by atoms with Gasteiger partial charge in [-0.25, -0.2) is 4.39 Å². The number of rotatable bonds is 5. The molecule has 0 aliphatic heterocycles. The van der Waals surface area contributed by atoms with Crippen LogP contribution in [0.3, 0.4) is 0 Å². The molecule has 0 aliphatic carbocycles. The zero-order valence-electron chi connectivity index (χ0n) is 12.4. The van der Waals surface area contributed by atoms with Gasteiger partial charge in [-0.3, -0.25) is 0 Å². The standard InChI is InChI=1S/C17H19ClFNS/c1-4-20-12(3)13-10-15(19)11(2)9-17(13)21-16-8-6-5-7-14(16)18/h5-10,12,20H,4H2,1-3H3. The maximum absolute atomic E-state index is 13.9. The summed E-state index contributed by atoms with van der Waals surface area (Å²) >= 11 is 7.81. The topological polar surface area (TPSA) is 12.0 Å². The summed E-state index contributed by atoms with van der Waals surface area (Å²) in [6.45, 7) is 6.72. The van der Waals surface area contributed by atoms with Crippen LogP contribution < -0.4 is 5.32 Å². The van der Waals surface area contributed by atoms with Crippen molar-refractivity contribution >= 4 is 23.4 Å². The van der Waals surface area contributed by atoms with Crippen molar-refractivity contribution in [3.8, 4) is 0 Å². The van der Waals surface area contributed by atoms with E-state index in [9.17, 15) is 4.39 Å². The van der Waals surface area contributed by atoms with Crippen molar-refractivity contribution in [2.45, 2.75) is 36.6 Å². The van der Waals surface area contributed by atoms with Gasteiger partial charge in [-0.2, -0.15) is 0 Å². The first-order chi connectivity index (χ1) is 10.0. The number of hydrogen-bond donors (Lipinski definition) is 1. The lowest BCUT2D eigenvalue weighted by molar-refractivity contribution is 0.571. The quantitative estimate of drug-likeness (QED) is 0.767. The second-order valence-corrected chi connectivity index (χ2v) is 6.44. The highest BCUT2D eigenvalue weighted by atomic mass is 35.5. The van der Waals surface area contributed by atoms with Crippen molar-refractivity contribution in [3.05, 3.63) is 58.4 Å². The summed E-state index contributed by atoms with van der Waals surface area (Å²) < 4.78 is 13.9. The second-order valence-electron chi connectivity index (χ2n) is 4.95. The van der Waals surface area contributed by atoms with Crippen LogP contribution in [0.1, 0.15) is 31.0 Å². The van der Waals surface area contributed by atoms with Crippen LogP contribution in [0.5, 0.6) is 0 Å². The molecule has 1 atom stereocenters. The van der Waals surface area contributed by atoms with Crippen LogP contribution in [-0.2, 0) is 0 Å². The van der Waals surface area contributed by atoms with Crippen molar-refractivity contribution in [2.24, 2.45) is 0 Å². The SMILES string of the molecule is CCNC(C)c1cc(F)c(C)cc1Sc1ccccc1Cl. The highest BCUT2D eigenvalue weighted by Crippen LogP contribution is 2.38.